The van der Waals surface area contributed by atoms with Gasteiger partial charge in [-0.15, -0.1) is 0 Å². The summed E-state index contributed by atoms with van der Waals surface area (Å²) in [5, 5.41) is 16.2. The van der Waals surface area contributed by atoms with E-state index in [0.29, 0.717) is 11.6 Å². The number of anilines is 4. The van der Waals surface area contributed by atoms with Crippen LogP contribution in [-0.2, 0) is 11.3 Å². The number of ether oxygens (including phenoxy) is 1. The van der Waals surface area contributed by atoms with Crippen LogP contribution in [0.25, 0.3) is 33.5 Å². The molecule has 1 fully saturated rings. The van der Waals surface area contributed by atoms with Crippen molar-refractivity contribution in [3.05, 3.63) is 145 Å². The Balaban J connectivity index is 0.000000153. The highest BCUT2D eigenvalue weighted by Gasteiger charge is 2.14. The third kappa shape index (κ3) is 7.38. The molecule has 1 saturated heterocycles. The number of aromatic nitrogens is 8. The summed E-state index contributed by atoms with van der Waals surface area (Å²) in [5.74, 6) is 1.62. The molecule has 1 aliphatic heterocycles. The molecule has 258 valence electrons. The molecule has 0 bridgehead atoms. The molecule has 0 amide bonds. The fourth-order valence-electron chi connectivity index (χ4n) is 5.97. The second-order valence-corrected chi connectivity index (χ2v) is 12.4. The van der Waals surface area contributed by atoms with Gasteiger partial charge in [0.1, 0.15) is 11.6 Å². The monoisotopic (exact) mass is 707 g/mol. The van der Waals surface area contributed by atoms with Gasteiger partial charge in [0.25, 0.3) is 0 Å². The topological polar surface area (TPSA) is 123 Å². The molecule has 2 aromatic carbocycles. The molecule has 0 saturated carbocycles. The summed E-state index contributed by atoms with van der Waals surface area (Å²) in [6.45, 7) is 4.07. The van der Waals surface area contributed by atoms with Crippen LogP contribution in [0.15, 0.2) is 134 Å². The summed E-state index contributed by atoms with van der Waals surface area (Å²) >= 11 is 6.01. The molecular formula is C39H34ClN11O. The molecule has 9 rings (SSSR count). The van der Waals surface area contributed by atoms with Crippen LogP contribution in [0.3, 0.4) is 0 Å². The first kappa shape index (κ1) is 32.8. The summed E-state index contributed by atoms with van der Waals surface area (Å²) in [5.41, 5.74) is 8.80. The predicted octanol–water partition coefficient (Wildman–Crippen LogP) is 7.43. The van der Waals surface area contributed by atoms with E-state index in [2.05, 4.69) is 69.9 Å². The van der Waals surface area contributed by atoms with Gasteiger partial charge in [0.2, 0.25) is 0 Å². The van der Waals surface area contributed by atoms with Gasteiger partial charge in [-0.2, -0.15) is 14.7 Å². The number of hydrogen-bond donors (Lipinski definition) is 2. The molecule has 1 aliphatic rings. The third-order valence-electron chi connectivity index (χ3n) is 8.59. The summed E-state index contributed by atoms with van der Waals surface area (Å²) in [6, 6.07) is 29.7. The number of morpholine rings is 1. The lowest BCUT2D eigenvalue weighted by atomic mass is 10.1. The maximum absolute atomic E-state index is 6.01. The second-order valence-electron chi connectivity index (χ2n) is 12.0. The van der Waals surface area contributed by atoms with Crippen LogP contribution in [0.5, 0.6) is 0 Å². The van der Waals surface area contributed by atoms with Crippen molar-refractivity contribution < 1.29 is 4.74 Å². The average Bonchev–Trinajstić information content (AvgIpc) is 3.84. The number of rotatable bonds is 8. The van der Waals surface area contributed by atoms with Crippen molar-refractivity contribution in [1.82, 2.24) is 39.2 Å². The van der Waals surface area contributed by atoms with E-state index < -0.39 is 0 Å². The lowest BCUT2D eigenvalue weighted by molar-refractivity contribution is 0.122. The van der Waals surface area contributed by atoms with Gasteiger partial charge in [0.05, 0.1) is 37.8 Å². The first-order valence-corrected chi connectivity index (χ1v) is 17.2. The number of hydrogen-bond acceptors (Lipinski definition) is 10. The SMILES string of the molecule is Clc1cccc(Nc2ccn3ncc(-c4ccncc4)c3n2)c1.c1ccc(CNc2ccnc3c(-c4ccc(N5CCOCC5)cc4)cnn23)nc1. The first-order valence-electron chi connectivity index (χ1n) is 16.8. The molecule has 12 nitrogen and oxygen atoms in total. The van der Waals surface area contributed by atoms with Crippen molar-refractivity contribution in [2.24, 2.45) is 0 Å². The van der Waals surface area contributed by atoms with Crippen LogP contribution in [0.2, 0.25) is 5.02 Å². The summed E-state index contributed by atoms with van der Waals surface area (Å²) in [7, 11) is 0. The highest BCUT2D eigenvalue weighted by Crippen LogP contribution is 2.28. The van der Waals surface area contributed by atoms with Crippen LogP contribution in [-0.4, -0.2) is 65.5 Å². The molecule has 13 heteroatoms. The van der Waals surface area contributed by atoms with Gasteiger partial charge in [0, 0.05) is 71.6 Å². The maximum atomic E-state index is 6.01. The normalized spacial score (nSPS) is 12.8. The quantitative estimate of drug-likeness (QED) is 0.165. The minimum atomic E-state index is 0.628. The molecule has 0 unspecified atom stereocenters. The molecule has 7 heterocycles. The third-order valence-corrected chi connectivity index (χ3v) is 8.83. The van der Waals surface area contributed by atoms with Gasteiger partial charge in [-0.3, -0.25) is 9.97 Å². The van der Waals surface area contributed by atoms with Crippen molar-refractivity contribution in [1.29, 1.82) is 0 Å². The molecule has 0 aliphatic carbocycles. The largest absolute Gasteiger partial charge is 0.378 e. The first-order chi connectivity index (χ1) is 25.7. The van der Waals surface area contributed by atoms with E-state index >= 15 is 0 Å². The second kappa shape index (κ2) is 15.3. The predicted molar refractivity (Wildman–Crippen MR) is 204 cm³/mol. The van der Waals surface area contributed by atoms with Crippen LogP contribution >= 0.6 is 11.6 Å². The number of nitrogens with zero attached hydrogens (tertiary/aromatic N) is 9. The minimum absolute atomic E-state index is 0.628. The zero-order chi connectivity index (χ0) is 35.1. The summed E-state index contributed by atoms with van der Waals surface area (Å²) in [6.07, 6.45) is 12.7. The molecule has 0 spiro atoms. The van der Waals surface area contributed by atoms with Crippen molar-refractivity contribution in [3.8, 4) is 22.3 Å². The smallest absolute Gasteiger partial charge is 0.165 e. The Morgan fingerprint density at radius 1 is 0.731 bits per heavy atom. The van der Waals surface area contributed by atoms with E-state index in [9.17, 15) is 0 Å². The van der Waals surface area contributed by atoms with Crippen LogP contribution in [0.4, 0.5) is 23.0 Å². The van der Waals surface area contributed by atoms with Gasteiger partial charge < -0.3 is 20.3 Å². The average molecular weight is 708 g/mol. The van der Waals surface area contributed by atoms with Gasteiger partial charge in [-0.25, -0.2) is 14.5 Å². The number of halogens is 1. The fraction of sp³-hybridized carbons (Fsp3) is 0.128. The fourth-order valence-corrected chi connectivity index (χ4v) is 6.16. The van der Waals surface area contributed by atoms with Crippen LogP contribution in [0.1, 0.15) is 5.69 Å². The Kier molecular flexibility index (Phi) is 9.63. The van der Waals surface area contributed by atoms with Gasteiger partial charge in [-0.1, -0.05) is 35.9 Å². The Morgan fingerprint density at radius 2 is 1.54 bits per heavy atom. The summed E-state index contributed by atoms with van der Waals surface area (Å²) < 4.78 is 9.03. The van der Waals surface area contributed by atoms with E-state index in [0.717, 1.165) is 82.9 Å². The molecular weight excluding hydrogens is 674 g/mol. The van der Waals surface area contributed by atoms with E-state index in [4.69, 9.17) is 16.3 Å². The highest BCUT2D eigenvalue weighted by atomic mass is 35.5. The van der Waals surface area contributed by atoms with Gasteiger partial charge in [-0.05, 0) is 77.9 Å². The van der Waals surface area contributed by atoms with Gasteiger partial charge >= 0.3 is 0 Å². The molecule has 6 aromatic heterocycles. The summed E-state index contributed by atoms with van der Waals surface area (Å²) in [4.78, 5) is 20.0. The zero-order valence-electron chi connectivity index (χ0n) is 28.0. The number of pyridine rings is 2. The van der Waals surface area contributed by atoms with Crippen LogP contribution < -0.4 is 15.5 Å². The minimum Gasteiger partial charge on any atom is -0.378 e. The van der Waals surface area contributed by atoms with E-state index in [1.807, 2.05) is 89.8 Å². The maximum Gasteiger partial charge on any atom is 0.165 e. The lowest BCUT2D eigenvalue weighted by Gasteiger charge is -2.28. The lowest BCUT2D eigenvalue weighted by Crippen LogP contribution is -2.36. The zero-order valence-corrected chi connectivity index (χ0v) is 28.8. The van der Waals surface area contributed by atoms with E-state index in [1.165, 1.54) is 5.69 Å². The molecule has 8 aromatic rings. The van der Waals surface area contributed by atoms with E-state index in [1.54, 1.807) is 29.3 Å². The number of fused-ring (bicyclic) bond motifs is 2. The standard InChI is InChI=1S/C22H22N6O.C17H12ClN5/c1-2-9-23-18(3-1)15-25-21-8-10-24-22-20(16-26-28(21)22)17-4-6-19(7-5-17)27-11-13-29-14-12-27;18-13-2-1-3-14(10-13)21-16-6-9-23-17(22-16)15(11-20-23)12-4-7-19-8-5-12/h1-10,16,25H,11-15H2;1-11H,(H,21,22). The van der Waals surface area contributed by atoms with E-state index in [-0.39, 0.29) is 0 Å². The Morgan fingerprint density at radius 3 is 2.35 bits per heavy atom. The van der Waals surface area contributed by atoms with Gasteiger partial charge in [0.15, 0.2) is 11.3 Å². The van der Waals surface area contributed by atoms with Crippen molar-refractivity contribution in [2.45, 2.75) is 6.54 Å². The molecule has 52 heavy (non-hydrogen) atoms. The van der Waals surface area contributed by atoms with Crippen LogP contribution in [0, 0.1) is 0 Å². The Bertz CT molecular complexity index is 2390. The molecule has 2 N–H and O–H groups in total. The van der Waals surface area contributed by atoms with Crippen molar-refractivity contribution in [3.63, 3.8) is 0 Å². The highest BCUT2D eigenvalue weighted by molar-refractivity contribution is 6.30. The molecule has 0 radical (unpaired) electrons. The number of nitrogens with one attached hydrogen (secondary N) is 2. The Labute approximate surface area is 304 Å². The Hall–Kier alpha value is -6.37. The molecule has 0 atom stereocenters. The number of benzene rings is 2. The van der Waals surface area contributed by atoms with Crippen molar-refractivity contribution >= 4 is 45.9 Å². The van der Waals surface area contributed by atoms with Crippen molar-refractivity contribution in [2.75, 3.05) is 41.8 Å².